The van der Waals surface area contributed by atoms with Crippen LogP contribution in [0.3, 0.4) is 0 Å². The zero-order valence-corrected chi connectivity index (χ0v) is 9.03. The van der Waals surface area contributed by atoms with Crippen LogP contribution in [-0.4, -0.2) is 19.6 Å². The Kier molecular flexibility index (Phi) is 2.90. The van der Waals surface area contributed by atoms with Crippen molar-refractivity contribution in [2.24, 2.45) is 16.6 Å². The van der Waals surface area contributed by atoms with Gasteiger partial charge in [0.25, 0.3) is 0 Å². The zero-order chi connectivity index (χ0) is 10.7. The van der Waals surface area contributed by atoms with Crippen molar-refractivity contribution >= 4 is 5.96 Å². The second-order valence-electron chi connectivity index (χ2n) is 4.03. The fraction of sp³-hybridized carbons (Fsp3) is 0.417. The normalized spacial score (nSPS) is 16.5. The number of nitrogens with two attached hydrogens (primary N) is 1. The van der Waals surface area contributed by atoms with Gasteiger partial charge in [0, 0.05) is 13.6 Å². The van der Waals surface area contributed by atoms with Crippen molar-refractivity contribution in [3.63, 3.8) is 0 Å². The third-order valence-corrected chi connectivity index (χ3v) is 2.95. The van der Waals surface area contributed by atoms with Gasteiger partial charge in [-0.15, -0.1) is 0 Å². The van der Waals surface area contributed by atoms with Gasteiger partial charge in [-0.3, -0.25) is 4.99 Å². The first-order valence-corrected chi connectivity index (χ1v) is 5.32. The maximum atomic E-state index is 5.60. The summed E-state index contributed by atoms with van der Waals surface area (Å²) < 4.78 is 0. The summed E-state index contributed by atoms with van der Waals surface area (Å²) in [5.74, 6) is 1.19. The Balaban J connectivity index is 1.91. The number of nitrogens with one attached hydrogen (secondary N) is 1. The van der Waals surface area contributed by atoms with E-state index >= 15 is 0 Å². The summed E-state index contributed by atoms with van der Waals surface area (Å²) in [5.41, 5.74) is 8.56. The average Bonchev–Trinajstić information content (AvgIpc) is 2.68. The summed E-state index contributed by atoms with van der Waals surface area (Å²) in [6, 6.07) is 8.65. The van der Waals surface area contributed by atoms with Gasteiger partial charge in [-0.1, -0.05) is 24.3 Å². The Bertz CT molecular complexity index is 346. The Hall–Kier alpha value is -1.51. The van der Waals surface area contributed by atoms with Crippen LogP contribution in [-0.2, 0) is 12.8 Å². The van der Waals surface area contributed by atoms with Crippen molar-refractivity contribution in [2.45, 2.75) is 12.8 Å². The fourth-order valence-corrected chi connectivity index (χ4v) is 2.12. The van der Waals surface area contributed by atoms with Gasteiger partial charge < -0.3 is 11.1 Å². The van der Waals surface area contributed by atoms with E-state index in [0.29, 0.717) is 11.9 Å². The number of aliphatic imine (C=N–C) groups is 1. The Morgan fingerprint density at radius 2 is 2.00 bits per heavy atom. The molecule has 1 aromatic carbocycles. The number of guanidine groups is 1. The largest absolute Gasteiger partial charge is 0.370 e. The number of hydrogen-bond donors (Lipinski definition) is 2. The second-order valence-corrected chi connectivity index (χ2v) is 4.03. The van der Waals surface area contributed by atoms with Crippen LogP contribution in [0.1, 0.15) is 11.1 Å². The minimum absolute atomic E-state index is 0.533. The van der Waals surface area contributed by atoms with Gasteiger partial charge in [-0.2, -0.15) is 0 Å². The summed E-state index contributed by atoms with van der Waals surface area (Å²) in [4.78, 5) is 3.88. The smallest absolute Gasteiger partial charge is 0.188 e. The van der Waals surface area contributed by atoms with Crippen molar-refractivity contribution in [3.8, 4) is 0 Å². The molecule has 0 amide bonds. The number of fused-ring (bicyclic) bond motifs is 1. The van der Waals surface area contributed by atoms with E-state index in [-0.39, 0.29) is 0 Å². The Morgan fingerprint density at radius 1 is 1.40 bits per heavy atom. The van der Waals surface area contributed by atoms with Crippen molar-refractivity contribution in [1.29, 1.82) is 0 Å². The number of hydrogen-bond acceptors (Lipinski definition) is 1. The molecular weight excluding hydrogens is 186 g/mol. The Labute approximate surface area is 90.4 Å². The van der Waals surface area contributed by atoms with Crippen molar-refractivity contribution in [3.05, 3.63) is 35.4 Å². The molecule has 3 nitrogen and oxygen atoms in total. The standard InChI is InChI=1S/C12H17N3/c1-14-12(13)15-8-9-6-10-4-2-3-5-11(10)7-9/h2-5,9H,6-8H2,1H3,(H3,13,14,15). The van der Waals surface area contributed by atoms with E-state index in [2.05, 4.69) is 34.6 Å². The number of nitrogens with zero attached hydrogens (tertiary/aromatic N) is 1. The monoisotopic (exact) mass is 203 g/mol. The maximum Gasteiger partial charge on any atom is 0.188 e. The van der Waals surface area contributed by atoms with Gasteiger partial charge in [0.15, 0.2) is 5.96 Å². The zero-order valence-electron chi connectivity index (χ0n) is 9.03. The summed E-state index contributed by atoms with van der Waals surface area (Å²) in [6.45, 7) is 0.915. The summed E-state index contributed by atoms with van der Waals surface area (Å²) in [6.07, 6.45) is 2.31. The van der Waals surface area contributed by atoms with Crippen LogP contribution in [0.4, 0.5) is 0 Å². The molecule has 0 saturated heterocycles. The van der Waals surface area contributed by atoms with E-state index in [4.69, 9.17) is 5.73 Å². The SMILES string of the molecule is CN=C(N)NCC1Cc2ccccc2C1. The van der Waals surface area contributed by atoms with Gasteiger partial charge in [-0.25, -0.2) is 0 Å². The van der Waals surface area contributed by atoms with Crippen LogP contribution in [0, 0.1) is 5.92 Å². The predicted molar refractivity (Wildman–Crippen MR) is 62.9 cm³/mol. The lowest BCUT2D eigenvalue weighted by Crippen LogP contribution is -2.35. The average molecular weight is 203 g/mol. The van der Waals surface area contributed by atoms with Gasteiger partial charge in [0.1, 0.15) is 0 Å². The van der Waals surface area contributed by atoms with Crippen molar-refractivity contribution in [1.82, 2.24) is 5.32 Å². The topological polar surface area (TPSA) is 50.4 Å². The fourth-order valence-electron chi connectivity index (χ4n) is 2.12. The molecule has 80 valence electrons. The minimum atomic E-state index is 0.533. The molecule has 0 saturated carbocycles. The van der Waals surface area contributed by atoms with Crippen LogP contribution in [0.5, 0.6) is 0 Å². The maximum absolute atomic E-state index is 5.60. The minimum Gasteiger partial charge on any atom is -0.370 e. The molecule has 0 aliphatic heterocycles. The molecule has 0 bridgehead atoms. The highest BCUT2D eigenvalue weighted by atomic mass is 15.1. The first-order valence-electron chi connectivity index (χ1n) is 5.32. The first-order chi connectivity index (χ1) is 7.29. The quantitative estimate of drug-likeness (QED) is 0.555. The predicted octanol–water partition coefficient (Wildman–Crippen LogP) is 0.935. The molecule has 3 heteroatoms. The molecule has 2 rings (SSSR count). The van der Waals surface area contributed by atoms with Gasteiger partial charge >= 0.3 is 0 Å². The van der Waals surface area contributed by atoms with Gasteiger partial charge in [0.05, 0.1) is 0 Å². The van der Waals surface area contributed by atoms with E-state index in [1.54, 1.807) is 7.05 Å². The van der Waals surface area contributed by atoms with E-state index in [1.807, 2.05) is 0 Å². The molecule has 0 fully saturated rings. The molecular formula is C12H17N3. The van der Waals surface area contributed by atoms with Gasteiger partial charge in [-0.05, 0) is 29.9 Å². The molecule has 1 aromatic rings. The van der Waals surface area contributed by atoms with E-state index in [9.17, 15) is 0 Å². The molecule has 1 aliphatic carbocycles. The molecule has 0 unspecified atom stereocenters. The third-order valence-electron chi connectivity index (χ3n) is 2.95. The molecule has 0 heterocycles. The molecule has 0 aromatic heterocycles. The molecule has 3 N–H and O–H groups in total. The van der Waals surface area contributed by atoms with E-state index < -0.39 is 0 Å². The van der Waals surface area contributed by atoms with Crippen molar-refractivity contribution < 1.29 is 0 Å². The van der Waals surface area contributed by atoms with Crippen LogP contribution in [0.15, 0.2) is 29.3 Å². The highest BCUT2D eigenvalue weighted by molar-refractivity contribution is 5.77. The number of rotatable bonds is 2. The highest BCUT2D eigenvalue weighted by Gasteiger charge is 2.20. The van der Waals surface area contributed by atoms with Crippen LogP contribution >= 0.6 is 0 Å². The van der Waals surface area contributed by atoms with E-state index in [1.165, 1.54) is 11.1 Å². The summed E-state index contributed by atoms with van der Waals surface area (Å²) in [5, 5.41) is 3.14. The molecule has 1 aliphatic rings. The van der Waals surface area contributed by atoms with Crippen molar-refractivity contribution in [2.75, 3.05) is 13.6 Å². The number of benzene rings is 1. The van der Waals surface area contributed by atoms with Crippen LogP contribution in [0.25, 0.3) is 0 Å². The highest BCUT2D eigenvalue weighted by Crippen LogP contribution is 2.25. The molecule has 0 atom stereocenters. The molecule has 0 spiro atoms. The summed E-state index contributed by atoms with van der Waals surface area (Å²) in [7, 11) is 1.70. The lowest BCUT2D eigenvalue weighted by Gasteiger charge is -2.10. The van der Waals surface area contributed by atoms with Gasteiger partial charge in [0.2, 0.25) is 0 Å². The van der Waals surface area contributed by atoms with Crippen LogP contribution < -0.4 is 11.1 Å². The van der Waals surface area contributed by atoms with Crippen LogP contribution in [0.2, 0.25) is 0 Å². The second kappa shape index (κ2) is 4.34. The lowest BCUT2D eigenvalue weighted by molar-refractivity contribution is 0.546. The molecule has 15 heavy (non-hydrogen) atoms. The third kappa shape index (κ3) is 2.29. The lowest BCUT2D eigenvalue weighted by atomic mass is 10.1. The van der Waals surface area contributed by atoms with E-state index in [0.717, 1.165) is 19.4 Å². The molecule has 0 radical (unpaired) electrons. The first kappa shape index (κ1) is 10.0. The summed E-state index contributed by atoms with van der Waals surface area (Å²) >= 11 is 0. The Morgan fingerprint density at radius 3 is 2.53 bits per heavy atom.